The van der Waals surface area contributed by atoms with E-state index in [0.717, 1.165) is 11.1 Å². The molecule has 1 aromatic rings. The van der Waals surface area contributed by atoms with E-state index in [4.69, 9.17) is 5.73 Å². The van der Waals surface area contributed by atoms with Crippen molar-refractivity contribution in [1.29, 1.82) is 0 Å². The minimum Gasteiger partial charge on any atom is -0.508 e. The first-order valence-electron chi connectivity index (χ1n) is 6.65. The van der Waals surface area contributed by atoms with Crippen LogP contribution >= 0.6 is 0 Å². The van der Waals surface area contributed by atoms with E-state index in [1.54, 1.807) is 0 Å². The lowest BCUT2D eigenvalue weighted by atomic mass is 9.79. The van der Waals surface area contributed by atoms with Crippen molar-refractivity contribution in [2.75, 3.05) is 0 Å². The van der Waals surface area contributed by atoms with Crippen molar-refractivity contribution in [1.82, 2.24) is 0 Å². The van der Waals surface area contributed by atoms with Crippen LogP contribution in [-0.2, 0) is 0 Å². The Morgan fingerprint density at radius 3 is 2.18 bits per heavy atom. The van der Waals surface area contributed by atoms with Crippen LogP contribution in [0, 0.1) is 19.8 Å². The quantitative estimate of drug-likeness (QED) is 0.820. The molecule has 1 aliphatic rings. The van der Waals surface area contributed by atoms with Gasteiger partial charge in [-0.15, -0.1) is 0 Å². The minimum absolute atomic E-state index is 0.135. The van der Waals surface area contributed by atoms with Crippen LogP contribution in [0.3, 0.4) is 0 Å². The summed E-state index contributed by atoms with van der Waals surface area (Å²) in [7, 11) is 0. The van der Waals surface area contributed by atoms with Crippen LogP contribution in [0.4, 0.5) is 0 Å². The first-order valence-corrected chi connectivity index (χ1v) is 6.65. The average Bonchev–Trinajstić information content (AvgIpc) is 2.28. The maximum atomic E-state index is 9.57. The third kappa shape index (κ3) is 2.63. The Kier molecular flexibility index (Phi) is 3.72. The molecule has 1 fully saturated rings. The molecule has 1 atom stereocenters. The molecule has 2 rings (SSSR count). The van der Waals surface area contributed by atoms with Crippen LogP contribution in [0.25, 0.3) is 0 Å². The van der Waals surface area contributed by atoms with E-state index in [2.05, 4.69) is 0 Å². The van der Waals surface area contributed by atoms with Crippen molar-refractivity contribution in [3.63, 3.8) is 0 Å². The zero-order valence-corrected chi connectivity index (χ0v) is 10.9. The smallest absolute Gasteiger partial charge is 0.116 e. The molecule has 0 radical (unpaired) electrons. The third-order valence-electron chi connectivity index (χ3n) is 4.07. The molecule has 0 saturated heterocycles. The van der Waals surface area contributed by atoms with Crippen molar-refractivity contribution in [2.45, 2.75) is 52.0 Å². The first-order chi connectivity index (χ1) is 8.09. The van der Waals surface area contributed by atoms with Gasteiger partial charge in [0.05, 0.1) is 0 Å². The van der Waals surface area contributed by atoms with E-state index in [1.807, 2.05) is 26.0 Å². The normalized spacial score (nSPS) is 19.2. The lowest BCUT2D eigenvalue weighted by Gasteiger charge is -2.29. The van der Waals surface area contributed by atoms with Gasteiger partial charge in [-0.1, -0.05) is 19.3 Å². The number of hydrogen-bond donors (Lipinski definition) is 2. The molecule has 0 heterocycles. The Balaban J connectivity index is 2.26. The Bertz CT molecular complexity index is 371. The van der Waals surface area contributed by atoms with Gasteiger partial charge in [-0.3, -0.25) is 0 Å². The molecule has 0 aromatic heterocycles. The van der Waals surface area contributed by atoms with Crippen LogP contribution in [0.5, 0.6) is 5.75 Å². The molecule has 1 saturated carbocycles. The van der Waals surface area contributed by atoms with Crippen LogP contribution in [0.15, 0.2) is 12.1 Å². The Morgan fingerprint density at radius 1 is 1.12 bits per heavy atom. The Hall–Kier alpha value is -1.02. The maximum Gasteiger partial charge on any atom is 0.116 e. The predicted octanol–water partition coefficient (Wildman–Crippen LogP) is 3.59. The molecule has 94 valence electrons. The van der Waals surface area contributed by atoms with Crippen LogP contribution in [0.1, 0.15) is 54.8 Å². The maximum absolute atomic E-state index is 9.57. The third-order valence-corrected chi connectivity index (χ3v) is 4.07. The van der Waals surface area contributed by atoms with Crippen molar-refractivity contribution in [3.8, 4) is 5.75 Å². The number of phenols is 1. The molecule has 1 aliphatic carbocycles. The van der Waals surface area contributed by atoms with Gasteiger partial charge in [0.15, 0.2) is 0 Å². The summed E-state index contributed by atoms with van der Waals surface area (Å²) in [5, 5.41) is 9.57. The van der Waals surface area contributed by atoms with Crippen LogP contribution < -0.4 is 5.73 Å². The molecule has 0 aliphatic heterocycles. The van der Waals surface area contributed by atoms with Gasteiger partial charge >= 0.3 is 0 Å². The second-order valence-corrected chi connectivity index (χ2v) is 5.42. The molecular formula is C15H23NO. The Labute approximate surface area is 104 Å². The van der Waals surface area contributed by atoms with Gasteiger partial charge in [0.1, 0.15) is 5.75 Å². The fourth-order valence-corrected chi connectivity index (χ4v) is 3.21. The van der Waals surface area contributed by atoms with Gasteiger partial charge in [0.25, 0.3) is 0 Å². The fraction of sp³-hybridized carbons (Fsp3) is 0.600. The second-order valence-electron chi connectivity index (χ2n) is 5.42. The zero-order chi connectivity index (χ0) is 12.4. The highest BCUT2D eigenvalue weighted by molar-refractivity contribution is 5.42. The van der Waals surface area contributed by atoms with Crippen molar-refractivity contribution >= 4 is 0 Å². The van der Waals surface area contributed by atoms with E-state index < -0.39 is 0 Å². The van der Waals surface area contributed by atoms with E-state index in [-0.39, 0.29) is 6.04 Å². The monoisotopic (exact) mass is 233 g/mol. The van der Waals surface area contributed by atoms with Crippen molar-refractivity contribution < 1.29 is 5.11 Å². The summed E-state index contributed by atoms with van der Waals surface area (Å²) in [6.07, 6.45) is 6.49. The van der Waals surface area contributed by atoms with Crippen molar-refractivity contribution in [2.24, 2.45) is 11.7 Å². The molecular weight excluding hydrogens is 210 g/mol. The van der Waals surface area contributed by atoms with E-state index in [0.29, 0.717) is 11.7 Å². The Morgan fingerprint density at radius 2 is 1.65 bits per heavy atom. The molecule has 0 spiro atoms. The number of aryl methyl sites for hydroxylation is 2. The second kappa shape index (κ2) is 5.09. The molecule has 17 heavy (non-hydrogen) atoms. The lowest BCUT2D eigenvalue weighted by Crippen LogP contribution is -2.25. The molecule has 1 aromatic carbocycles. The largest absolute Gasteiger partial charge is 0.508 e. The number of benzene rings is 1. The van der Waals surface area contributed by atoms with E-state index in [1.165, 1.54) is 37.7 Å². The summed E-state index contributed by atoms with van der Waals surface area (Å²) in [5.74, 6) is 0.963. The lowest BCUT2D eigenvalue weighted by molar-refractivity contribution is 0.307. The minimum atomic E-state index is 0.135. The zero-order valence-electron chi connectivity index (χ0n) is 10.9. The first kappa shape index (κ1) is 12.4. The highest BCUT2D eigenvalue weighted by atomic mass is 16.3. The number of aromatic hydroxyl groups is 1. The molecule has 0 bridgehead atoms. The SMILES string of the molecule is Cc1cc(O)cc(C)c1[C@H](N)C1CCCCC1. The highest BCUT2D eigenvalue weighted by Gasteiger charge is 2.24. The standard InChI is InChI=1S/C15H23NO/c1-10-8-13(17)9-11(2)14(10)15(16)12-6-4-3-5-7-12/h8-9,12,15,17H,3-7,16H2,1-2H3/t15-/m1/s1. The summed E-state index contributed by atoms with van der Waals surface area (Å²) in [6, 6.07) is 3.78. The molecule has 2 nitrogen and oxygen atoms in total. The molecule has 0 amide bonds. The fourth-order valence-electron chi connectivity index (χ4n) is 3.21. The van der Waals surface area contributed by atoms with Crippen LogP contribution in [-0.4, -0.2) is 5.11 Å². The average molecular weight is 233 g/mol. The summed E-state index contributed by atoms with van der Waals surface area (Å²) < 4.78 is 0. The highest BCUT2D eigenvalue weighted by Crippen LogP contribution is 2.36. The van der Waals surface area contributed by atoms with E-state index >= 15 is 0 Å². The van der Waals surface area contributed by atoms with Gasteiger partial charge in [0, 0.05) is 6.04 Å². The van der Waals surface area contributed by atoms with E-state index in [9.17, 15) is 5.11 Å². The topological polar surface area (TPSA) is 46.2 Å². The predicted molar refractivity (Wildman–Crippen MR) is 71.1 cm³/mol. The van der Waals surface area contributed by atoms with Gasteiger partial charge in [0.2, 0.25) is 0 Å². The van der Waals surface area contributed by atoms with Gasteiger partial charge in [-0.25, -0.2) is 0 Å². The summed E-state index contributed by atoms with van der Waals surface area (Å²) in [6.45, 7) is 4.09. The van der Waals surface area contributed by atoms with Gasteiger partial charge < -0.3 is 10.8 Å². The molecule has 3 N–H and O–H groups in total. The number of rotatable bonds is 2. The van der Waals surface area contributed by atoms with Crippen molar-refractivity contribution in [3.05, 3.63) is 28.8 Å². The summed E-state index contributed by atoms with van der Waals surface area (Å²) in [4.78, 5) is 0. The number of phenolic OH excluding ortho intramolecular Hbond substituents is 1. The van der Waals surface area contributed by atoms with Gasteiger partial charge in [-0.2, -0.15) is 0 Å². The van der Waals surface area contributed by atoms with Crippen LogP contribution in [0.2, 0.25) is 0 Å². The summed E-state index contributed by atoms with van der Waals surface area (Å²) >= 11 is 0. The van der Waals surface area contributed by atoms with Gasteiger partial charge in [-0.05, 0) is 61.4 Å². The molecule has 2 heteroatoms. The summed E-state index contributed by atoms with van der Waals surface area (Å²) in [5.41, 5.74) is 9.94. The number of hydrogen-bond acceptors (Lipinski definition) is 2. The number of nitrogens with two attached hydrogens (primary N) is 1. The molecule has 0 unspecified atom stereocenters.